The van der Waals surface area contributed by atoms with Crippen molar-refractivity contribution in [1.29, 1.82) is 5.26 Å². The normalized spacial score (nSPS) is 11.0. The Morgan fingerprint density at radius 1 is 1.33 bits per heavy atom. The molecule has 1 rings (SSSR count). The number of methoxy groups -OCH3 is 1. The van der Waals surface area contributed by atoms with Crippen molar-refractivity contribution in [3.8, 4) is 17.6 Å². The minimum Gasteiger partial charge on any atom is -0.465 e. The van der Waals surface area contributed by atoms with Gasteiger partial charge in [-0.15, -0.1) is 13.2 Å². The minimum atomic E-state index is -5.09. The third-order valence-electron chi connectivity index (χ3n) is 2.03. The van der Waals surface area contributed by atoms with Crippen LogP contribution in [0.15, 0.2) is 12.1 Å². The lowest BCUT2D eigenvalue weighted by Gasteiger charge is -2.14. The number of ether oxygens (including phenoxy) is 3. The van der Waals surface area contributed by atoms with E-state index in [1.54, 1.807) is 0 Å². The summed E-state index contributed by atoms with van der Waals surface area (Å²) in [5.74, 6) is -3.11. The number of esters is 1. The number of nitriles is 1. The number of carbonyl (C=O) groups is 1. The van der Waals surface area contributed by atoms with Crippen LogP contribution in [0.4, 0.5) is 22.0 Å². The van der Waals surface area contributed by atoms with Crippen LogP contribution < -0.4 is 9.47 Å². The Labute approximate surface area is 114 Å². The molecule has 5 nitrogen and oxygen atoms in total. The fourth-order valence-electron chi connectivity index (χ4n) is 1.36. The zero-order valence-corrected chi connectivity index (χ0v) is 10.2. The standard InChI is InChI=1S/C11H6F5NO4/c1-19-9(18)7-3-6(21-11(14,15)16)2-5(4-17)8(7)20-10(12)13/h2-3,10H,1H3. The van der Waals surface area contributed by atoms with E-state index >= 15 is 0 Å². The molecule has 0 bridgehead atoms. The molecule has 0 aliphatic heterocycles. The maximum Gasteiger partial charge on any atom is 0.573 e. The third kappa shape index (κ3) is 4.48. The van der Waals surface area contributed by atoms with Gasteiger partial charge in [-0.2, -0.15) is 14.0 Å². The van der Waals surface area contributed by atoms with Crippen LogP contribution in [0.1, 0.15) is 15.9 Å². The Balaban J connectivity index is 3.43. The van der Waals surface area contributed by atoms with Crippen molar-refractivity contribution in [1.82, 2.24) is 0 Å². The number of hydrogen-bond donors (Lipinski definition) is 0. The van der Waals surface area contributed by atoms with Gasteiger partial charge in [0.2, 0.25) is 0 Å². The summed E-state index contributed by atoms with van der Waals surface area (Å²) in [4.78, 5) is 11.4. The summed E-state index contributed by atoms with van der Waals surface area (Å²) in [6, 6.07) is 2.33. The highest BCUT2D eigenvalue weighted by molar-refractivity contribution is 5.94. The fraction of sp³-hybridized carbons (Fsp3) is 0.273. The van der Waals surface area contributed by atoms with Crippen molar-refractivity contribution < 1.29 is 41.0 Å². The van der Waals surface area contributed by atoms with Gasteiger partial charge in [-0.1, -0.05) is 0 Å². The summed E-state index contributed by atoms with van der Waals surface area (Å²) in [5.41, 5.74) is -1.53. The molecule has 0 spiro atoms. The van der Waals surface area contributed by atoms with Crippen LogP contribution in [0.25, 0.3) is 0 Å². The number of alkyl halides is 5. The molecule has 0 amide bonds. The lowest BCUT2D eigenvalue weighted by atomic mass is 10.1. The van der Waals surface area contributed by atoms with E-state index in [1.807, 2.05) is 0 Å². The topological polar surface area (TPSA) is 68.5 Å². The first-order valence-corrected chi connectivity index (χ1v) is 5.05. The Kier molecular flexibility index (Phi) is 4.91. The molecule has 0 radical (unpaired) electrons. The predicted molar refractivity (Wildman–Crippen MR) is 55.8 cm³/mol. The first kappa shape index (κ1) is 16.5. The number of benzene rings is 1. The monoisotopic (exact) mass is 311 g/mol. The fourth-order valence-corrected chi connectivity index (χ4v) is 1.36. The molecule has 1 aromatic rings. The molecule has 10 heteroatoms. The molecule has 1 aromatic carbocycles. The predicted octanol–water partition coefficient (Wildman–Crippen LogP) is 2.84. The lowest BCUT2D eigenvalue weighted by molar-refractivity contribution is -0.274. The first-order chi connectivity index (χ1) is 9.67. The second-order valence-electron chi connectivity index (χ2n) is 3.38. The van der Waals surface area contributed by atoms with Gasteiger partial charge >= 0.3 is 18.9 Å². The molecule has 0 fully saturated rings. The van der Waals surface area contributed by atoms with Gasteiger partial charge in [0.05, 0.1) is 12.7 Å². The summed E-state index contributed by atoms with van der Waals surface area (Å²) < 4.78 is 72.7. The SMILES string of the molecule is COC(=O)c1cc(OC(F)(F)F)cc(C#N)c1OC(F)F. The molecule has 114 valence electrons. The van der Waals surface area contributed by atoms with Gasteiger partial charge < -0.3 is 14.2 Å². The van der Waals surface area contributed by atoms with Crippen molar-refractivity contribution in [3.05, 3.63) is 23.3 Å². The second-order valence-corrected chi connectivity index (χ2v) is 3.38. The Hall–Kier alpha value is -2.57. The van der Waals surface area contributed by atoms with Crippen LogP contribution in [-0.2, 0) is 4.74 Å². The van der Waals surface area contributed by atoms with Gasteiger partial charge in [0.15, 0.2) is 5.75 Å². The molecule has 0 saturated carbocycles. The van der Waals surface area contributed by atoms with E-state index in [-0.39, 0.29) is 0 Å². The highest BCUT2D eigenvalue weighted by Gasteiger charge is 2.33. The molecular formula is C11H6F5NO4. The number of rotatable bonds is 4. The van der Waals surface area contributed by atoms with Gasteiger partial charge in [0, 0.05) is 6.07 Å². The second kappa shape index (κ2) is 6.25. The highest BCUT2D eigenvalue weighted by Crippen LogP contribution is 2.33. The zero-order chi connectivity index (χ0) is 16.2. The van der Waals surface area contributed by atoms with E-state index in [9.17, 15) is 26.7 Å². The lowest BCUT2D eigenvalue weighted by Crippen LogP contribution is -2.18. The Morgan fingerprint density at radius 2 is 1.95 bits per heavy atom. The maximum atomic E-state index is 12.3. The third-order valence-corrected chi connectivity index (χ3v) is 2.03. The van der Waals surface area contributed by atoms with Crippen LogP contribution in [0.2, 0.25) is 0 Å². The number of carbonyl (C=O) groups excluding carboxylic acids is 1. The molecule has 0 atom stereocenters. The van der Waals surface area contributed by atoms with E-state index in [4.69, 9.17) is 5.26 Å². The van der Waals surface area contributed by atoms with Gasteiger partial charge in [0.1, 0.15) is 17.4 Å². The summed E-state index contributed by atoms with van der Waals surface area (Å²) in [5, 5.41) is 8.77. The minimum absolute atomic E-state index is 0.484. The van der Waals surface area contributed by atoms with Crippen molar-refractivity contribution in [2.45, 2.75) is 13.0 Å². The van der Waals surface area contributed by atoms with Crippen molar-refractivity contribution in [2.24, 2.45) is 0 Å². The van der Waals surface area contributed by atoms with Gasteiger partial charge in [-0.25, -0.2) is 4.79 Å². The molecular weight excluding hydrogens is 305 g/mol. The average Bonchev–Trinajstić information content (AvgIpc) is 2.36. The molecule has 0 N–H and O–H groups in total. The molecule has 0 aliphatic carbocycles. The smallest absolute Gasteiger partial charge is 0.465 e. The van der Waals surface area contributed by atoms with Gasteiger partial charge in [0.25, 0.3) is 0 Å². The molecule has 0 saturated heterocycles. The summed E-state index contributed by atoms with van der Waals surface area (Å²) in [7, 11) is 0.873. The molecule has 0 aliphatic rings. The first-order valence-electron chi connectivity index (χ1n) is 5.05. The Bertz CT molecular complexity index is 579. The van der Waals surface area contributed by atoms with Crippen molar-refractivity contribution in [2.75, 3.05) is 7.11 Å². The summed E-state index contributed by atoms with van der Waals surface area (Å²) in [6.45, 7) is -3.39. The van der Waals surface area contributed by atoms with Crippen LogP contribution >= 0.6 is 0 Å². The Morgan fingerprint density at radius 3 is 2.38 bits per heavy atom. The van der Waals surface area contributed by atoms with Crippen LogP contribution in [0.3, 0.4) is 0 Å². The summed E-state index contributed by atoms with van der Waals surface area (Å²) in [6.07, 6.45) is -5.09. The van der Waals surface area contributed by atoms with Gasteiger partial charge in [-0.3, -0.25) is 0 Å². The maximum absolute atomic E-state index is 12.3. The largest absolute Gasteiger partial charge is 0.573 e. The highest BCUT2D eigenvalue weighted by atomic mass is 19.4. The molecule has 0 aromatic heterocycles. The zero-order valence-electron chi connectivity index (χ0n) is 10.2. The van der Waals surface area contributed by atoms with Crippen LogP contribution in [-0.4, -0.2) is 26.1 Å². The van der Waals surface area contributed by atoms with E-state index in [1.165, 1.54) is 6.07 Å². The molecule has 0 unspecified atom stereocenters. The van der Waals surface area contributed by atoms with E-state index in [2.05, 4.69) is 14.2 Å². The van der Waals surface area contributed by atoms with E-state index in [0.717, 1.165) is 7.11 Å². The number of nitrogens with zero attached hydrogens (tertiary/aromatic N) is 1. The number of hydrogen-bond acceptors (Lipinski definition) is 5. The average molecular weight is 311 g/mol. The van der Waals surface area contributed by atoms with Crippen molar-refractivity contribution >= 4 is 5.97 Å². The van der Waals surface area contributed by atoms with Crippen molar-refractivity contribution in [3.63, 3.8) is 0 Å². The number of halogens is 5. The van der Waals surface area contributed by atoms with E-state index < -0.39 is 41.6 Å². The van der Waals surface area contributed by atoms with Gasteiger partial charge in [-0.05, 0) is 6.07 Å². The van der Waals surface area contributed by atoms with Crippen LogP contribution in [0, 0.1) is 11.3 Å². The molecule has 21 heavy (non-hydrogen) atoms. The molecule has 0 heterocycles. The van der Waals surface area contributed by atoms with E-state index in [0.29, 0.717) is 12.1 Å². The quantitative estimate of drug-likeness (QED) is 0.632. The summed E-state index contributed by atoms with van der Waals surface area (Å²) >= 11 is 0. The van der Waals surface area contributed by atoms with Crippen LogP contribution in [0.5, 0.6) is 11.5 Å².